The fourth-order valence-electron chi connectivity index (χ4n) is 3.77. The van der Waals surface area contributed by atoms with E-state index in [0.29, 0.717) is 51.0 Å². The molecule has 1 aliphatic heterocycles. The zero-order valence-electron chi connectivity index (χ0n) is 19.4. The average Bonchev–Trinajstić information content (AvgIpc) is 3.38. The first-order valence-electron chi connectivity index (χ1n) is 10.6. The number of carbonyl (C=O) groups excluding carboxylic acids is 2. The van der Waals surface area contributed by atoms with Gasteiger partial charge in [-0.2, -0.15) is 0 Å². The van der Waals surface area contributed by atoms with E-state index >= 15 is 0 Å². The Hall–Kier alpha value is -4.34. The molecule has 0 aliphatic carbocycles. The molecular weight excluding hydrogens is 438 g/mol. The van der Waals surface area contributed by atoms with Crippen molar-refractivity contribution < 1.29 is 24.0 Å². The first-order chi connectivity index (χ1) is 15.9. The SMILES string of the molecule is Cc1[nH]c(/C=C2\C(=O)Nc3cc(NC(=O)Nc4cc(C(C)(C)C)on4)ccc32)c(C)c1C(=O)O. The first-order valence-corrected chi connectivity index (χ1v) is 10.6. The summed E-state index contributed by atoms with van der Waals surface area (Å²) in [4.78, 5) is 39.5. The Morgan fingerprint density at radius 3 is 2.50 bits per heavy atom. The minimum absolute atomic E-state index is 0.192. The molecule has 3 amide bonds. The van der Waals surface area contributed by atoms with Crippen molar-refractivity contribution in [3.05, 3.63) is 58.1 Å². The lowest BCUT2D eigenvalue weighted by molar-refractivity contribution is -0.110. The van der Waals surface area contributed by atoms with Crippen molar-refractivity contribution in [1.82, 2.24) is 10.1 Å². The van der Waals surface area contributed by atoms with Gasteiger partial charge < -0.3 is 25.2 Å². The molecule has 3 heterocycles. The van der Waals surface area contributed by atoms with Gasteiger partial charge in [0.25, 0.3) is 5.91 Å². The van der Waals surface area contributed by atoms with E-state index in [1.165, 1.54) is 0 Å². The second kappa shape index (κ2) is 8.22. The lowest BCUT2D eigenvalue weighted by atomic mass is 9.93. The summed E-state index contributed by atoms with van der Waals surface area (Å²) >= 11 is 0. The Morgan fingerprint density at radius 1 is 1.15 bits per heavy atom. The van der Waals surface area contributed by atoms with Crippen LogP contribution in [0.5, 0.6) is 0 Å². The number of fused-ring (bicyclic) bond motifs is 1. The Kier molecular flexibility index (Phi) is 5.52. The highest BCUT2D eigenvalue weighted by atomic mass is 16.5. The number of hydrogen-bond acceptors (Lipinski definition) is 5. The molecule has 176 valence electrons. The van der Waals surface area contributed by atoms with E-state index in [1.807, 2.05) is 20.8 Å². The molecule has 0 saturated carbocycles. The average molecular weight is 463 g/mol. The number of carbonyl (C=O) groups is 3. The lowest BCUT2D eigenvalue weighted by Gasteiger charge is -2.12. The third-order valence-corrected chi connectivity index (χ3v) is 5.53. The summed E-state index contributed by atoms with van der Waals surface area (Å²) in [6, 6.07) is 6.19. The number of H-pyrrole nitrogens is 1. The number of anilines is 3. The zero-order chi connectivity index (χ0) is 24.8. The third-order valence-electron chi connectivity index (χ3n) is 5.53. The molecule has 0 atom stereocenters. The minimum Gasteiger partial charge on any atom is -0.478 e. The largest absolute Gasteiger partial charge is 0.478 e. The molecule has 1 aliphatic rings. The number of aromatic amines is 1. The van der Waals surface area contributed by atoms with Crippen molar-refractivity contribution in [2.24, 2.45) is 0 Å². The number of urea groups is 1. The van der Waals surface area contributed by atoms with Crippen molar-refractivity contribution in [2.75, 3.05) is 16.0 Å². The van der Waals surface area contributed by atoms with Crippen LogP contribution in [-0.4, -0.2) is 33.2 Å². The molecule has 0 fully saturated rings. The molecule has 0 unspecified atom stereocenters. The molecule has 1 aromatic carbocycles. The third kappa shape index (κ3) is 4.29. The quantitative estimate of drug-likeness (QED) is 0.352. The summed E-state index contributed by atoms with van der Waals surface area (Å²) in [5, 5.41) is 21.4. The van der Waals surface area contributed by atoms with Gasteiger partial charge in [-0.1, -0.05) is 32.0 Å². The highest BCUT2D eigenvalue weighted by Crippen LogP contribution is 2.36. The summed E-state index contributed by atoms with van der Waals surface area (Å²) in [6.45, 7) is 9.29. The number of nitrogens with zero attached hydrogens (tertiary/aromatic N) is 1. The molecule has 3 aromatic rings. The van der Waals surface area contributed by atoms with Crippen LogP contribution in [0.4, 0.5) is 22.0 Å². The first kappa shape index (κ1) is 22.8. The maximum Gasteiger partial charge on any atom is 0.337 e. The molecular formula is C24H25N5O5. The fraction of sp³-hybridized carbons (Fsp3) is 0.250. The monoisotopic (exact) mass is 463 g/mol. The van der Waals surface area contributed by atoms with Crippen molar-refractivity contribution >= 4 is 46.7 Å². The Labute approximate surface area is 195 Å². The van der Waals surface area contributed by atoms with E-state index in [4.69, 9.17) is 4.52 Å². The minimum atomic E-state index is -1.03. The number of nitrogens with one attached hydrogen (secondary N) is 4. The number of rotatable bonds is 4. The number of carboxylic acid groups (broad SMARTS) is 1. The molecule has 0 saturated heterocycles. The van der Waals surface area contributed by atoms with Crippen LogP contribution in [0.3, 0.4) is 0 Å². The topological polar surface area (TPSA) is 149 Å². The molecule has 0 spiro atoms. The number of hydrogen-bond donors (Lipinski definition) is 5. The fourth-order valence-corrected chi connectivity index (χ4v) is 3.77. The predicted molar refractivity (Wildman–Crippen MR) is 128 cm³/mol. The molecule has 2 aromatic heterocycles. The molecule has 10 nitrogen and oxygen atoms in total. The van der Waals surface area contributed by atoms with Gasteiger partial charge >= 0.3 is 12.0 Å². The number of aromatic carboxylic acids is 1. The standard InChI is InChI=1S/C24H25N5O5/c1-11-16(25-12(2)20(11)22(31)32)9-15-14-7-6-13(8-17(14)27-21(15)30)26-23(33)28-19-10-18(34-29-19)24(3,4)5/h6-10,25H,1-5H3,(H,27,30)(H,31,32)(H2,26,28,29,33)/b15-9-. The van der Waals surface area contributed by atoms with E-state index in [2.05, 4.69) is 26.1 Å². The maximum atomic E-state index is 12.6. The Bertz CT molecular complexity index is 1360. The molecule has 10 heteroatoms. The van der Waals surface area contributed by atoms with Gasteiger partial charge in [0.2, 0.25) is 0 Å². The summed E-state index contributed by atoms with van der Waals surface area (Å²) in [7, 11) is 0. The lowest BCUT2D eigenvalue weighted by Crippen LogP contribution is -2.19. The summed E-state index contributed by atoms with van der Waals surface area (Å²) < 4.78 is 5.26. The van der Waals surface area contributed by atoms with Gasteiger partial charge in [-0.15, -0.1) is 0 Å². The van der Waals surface area contributed by atoms with E-state index in [0.717, 1.165) is 0 Å². The molecule has 4 rings (SSSR count). The number of amides is 3. The van der Waals surface area contributed by atoms with Crippen LogP contribution in [0.2, 0.25) is 0 Å². The van der Waals surface area contributed by atoms with Crippen molar-refractivity contribution in [1.29, 1.82) is 0 Å². The second-order valence-electron chi connectivity index (χ2n) is 9.15. The smallest absolute Gasteiger partial charge is 0.337 e. The maximum absolute atomic E-state index is 12.6. The van der Waals surface area contributed by atoms with Gasteiger partial charge in [-0.3, -0.25) is 10.1 Å². The summed E-state index contributed by atoms with van der Waals surface area (Å²) in [5.41, 5.74) is 3.62. The second-order valence-corrected chi connectivity index (χ2v) is 9.15. The highest BCUT2D eigenvalue weighted by molar-refractivity contribution is 6.35. The van der Waals surface area contributed by atoms with Crippen molar-refractivity contribution in [3.8, 4) is 0 Å². The highest BCUT2D eigenvalue weighted by Gasteiger charge is 2.26. The Morgan fingerprint density at radius 2 is 1.88 bits per heavy atom. The van der Waals surface area contributed by atoms with Gasteiger partial charge in [-0.25, -0.2) is 9.59 Å². The van der Waals surface area contributed by atoms with E-state index in [1.54, 1.807) is 44.2 Å². The van der Waals surface area contributed by atoms with Crippen LogP contribution in [0.15, 0.2) is 28.8 Å². The summed E-state index contributed by atoms with van der Waals surface area (Å²) in [6.07, 6.45) is 1.63. The molecule has 5 N–H and O–H groups in total. The van der Waals surface area contributed by atoms with E-state index in [-0.39, 0.29) is 16.9 Å². The van der Waals surface area contributed by atoms with E-state index < -0.39 is 12.0 Å². The van der Waals surface area contributed by atoms with Crippen molar-refractivity contribution in [2.45, 2.75) is 40.0 Å². The number of carboxylic acids is 1. The predicted octanol–water partition coefficient (Wildman–Crippen LogP) is 4.75. The van der Waals surface area contributed by atoms with Crippen molar-refractivity contribution in [3.63, 3.8) is 0 Å². The Balaban J connectivity index is 1.53. The van der Waals surface area contributed by atoms with Gasteiger partial charge in [-0.05, 0) is 37.6 Å². The van der Waals surface area contributed by atoms with E-state index in [9.17, 15) is 19.5 Å². The molecule has 0 radical (unpaired) electrons. The normalized spacial score (nSPS) is 14.1. The number of benzene rings is 1. The summed E-state index contributed by atoms with van der Waals surface area (Å²) in [5.74, 6) is -0.413. The van der Waals surface area contributed by atoms with Crippen LogP contribution in [-0.2, 0) is 10.2 Å². The molecule has 0 bridgehead atoms. The number of aromatic nitrogens is 2. The van der Waals surface area contributed by atoms with Crippen LogP contribution in [0, 0.1) is 13.8 Å². The molecule has 34 heavy (non-hydrogen) atoms. The zero-order valence-corrected chi connectivity index (χ0v) is 19.4. The van der Waals surface area contributed by atoms with Crippen LogP contribution < -0.4 is 16.0 Å². The van der Waals surface area contributed by atoms with Gasteiger partial charge in [0.05, 0.1) is 16.8 Å². The van der Waals surface area contributed by atoms with Gasteiger partial charge in [0, 0.05) is 34.1 Å². The van der Waals surface area contributed by atoms with Gasteiger partial charge in [0.1, 0.15) is 5.76 Å². The van der Waals surface area contributed by atoms with Crippen LogP contribution >= 0.6 is 0 Å². The van der Waals surface area contributed by atoms with Crippen LogP contribution in [0.25, 0.3) is 11.6 Å². The van der Waals surface area contributed by atoms with Gasteiger partial charge in [0.15, 0.2) is 5.82 Å². The number of aryl methyl sites for hydroxylation is 1. The van der Waals surface area contributed by atoms with Crippen LogP contribution in [0.1, 0.15) is 59.4 Å².